The summed E-state index contributed by atoms with van der Waals surface area (Å²) in [6.45, 7) is 13.1. The monoisotopic (exact) mass is 512 g/mol. The second kappa shape index (κ2) is 9.32. The van der Waals surface area contributed by atoms with Crippen LogP contribution in [0.25, 0.3) is 5.00 Å². The van der Waals surface area contributed by atoms with Gasteiger partial charge in [0.1, 0.15) is 22.5 Å². The Kier molecular flexibility index (Phi) is 6.72. The molecule has 1 aromatic carbocycles. The summed E-state index contributed by atoms with van der Waals surface area (Å²) in [4.78, 5) is 31.7. The summed E-state index contributed by atoms with van der Waals surface area (Å²) < 4.78 is 7.52. The van der Waals surface area contributed by atoms with Crippen molar-refractivity contribution in [3.05, 3.63) is 62.5 Å². The molecule has 0 spiro atoms. The van der Waals surface area contributed by atoms with Gasteiger partial charge in [0.15, 0.2) is 11.6 Å². The lowest BCUT2D eigenvalue weighted by atomic mass is 9.97. The van der Waals surface area contributed by atoms with Crippen LogP contribution in [0.15, 0.2) is 29.3 Å². The molecule has 35 heavy (non-hydrogen) atoms. The quantitative estimate of drug-likeness (QED) is 0.306. The first-order valence-electron chi connectivity index (χ1n) is 11.5. The predicted octanol–water partition coefficient (Wildman–Crippen LogP) is 6.06. The van der Waals surface area contributed by atoms with Crippen molar-refractivity contribution >= 4 is 40.4 Å². The highest BCUT2D eigenvalue weighted by atomic mass is 35.5. The number of carbonyl (C=O) groups excluding carboxylic acids is 2. The molecule has 184 valence electrons. The van der Waals surface area contributed by atoms with Gasteiger partial charge in [-0.05, 0) is 52.3 Å². The molecule has 9 heteroatoms. The van der Waals surface area contributed by atoms with Gasteiger partial charge in [-0.25, -0.2) is 0 Å². The van der Waals surface area contributed by atoms with E-state index in [1.807, 2.05) is 65.2 Å². The molecule has 0 bridgehead atoms. The van der Waals surface area contributed by atoms with Crippen molar-refractivity contribution in [2.24, 2.45) is 10.9 Å². The molecule has 0 radical (unpaired) electrons. The predicted molar refractivity (Wildman–Crippen MR) is 138 cm³/mol. The summed E-state index contributed by atoms with van der Waals surface area (Å²) in [6, 6.07) is 6.80. The lowest BCUT2D eigenvalue weighted by molar-refractivity contribution is -0.155. The van der Waals surface area contributed by atoms with E-state index in [2.05, 4.69) is 10.2 Å². The molecule has 1 aliphatic rings. The van der Waals surface area contributed by atoms with Gasteiger partial charge in [-0.2, -0.15) is 0 Å². The largest absolute Gasteiger partial charge is 0.460 e. The van der Waals surface area contributed by atoms with Gasteiger partial charge >= 0.3 is 5.97 Å². The maximum Gasteiger partial charge on any atom is 0.308 e. The highest BCUT2D eigenvalue weighted by Crippen LogP contribution is 2.40. The van der Waals surface area contributed by atoms with Gasteiger partial charge in [-0.1, -0.05) is 37.6 Å². The molecule has 0 saturated carbocycles. The Morgan fingerprint density at radius 1 is 1.14 bits per heavy atom. The van der Waals surface area contributed by atoms with Gasteiger partial charge in [0.2, 0.25) is 0 Å². The number of hydrogen-bond acceptors (Lipinski definition) is 7. The molecule has 0 fully saturated rings. The third-order valence-corrected chi connectivity index (χ3v) is 7.19. The van der Waals surface area contributed by atoms with Crippen LogP contribution in [0.4, 0.5) is 0 Å². The van der Waals surface area contributed by atoms with Gasteiger partial charge in [0.05, 0.1) is 17.0 Å². The Morgan fingerprint density at radius 3 is 2.40 bits per heavy atom. The minimum absolute atomic E-state index is 0.0122. The summed E-state index contributed by atoms with van der Waals surface area (Å²) in [5.74, 6) is 0.768. The number of aliphatic imine (C=N–C) groups is 1. The number of aromatic nitrogens is 3. The van der Waals surface area contributed by atoms with E-state index >= 15 is 0 Å². The Bertz CT molecular complexity index is 1330. The number of carbonyl (C=O) groups is 2. The van der Waals surface area contributed by atoms with Gasteiger partial charge < -0.3 is 4.74 Å². The van der Waals surface area contributed by atoms with Crippen molar-refractivity contribution in [1.82, 2.24) is 14.8 Å². The summed E-state index contributed by atoms with van der Waals surface area (Å²) >= 11 is 7.58. The number of halogens is 1. The molecule has 3 heterocycles. The van der Waals surface area contributed by atoms with Crippen LogP contribution in [0, 0.1) is 19.8 Å². The molecule has 1 aliphatic heterocycles. The van der Waals surface area contributed by atoms with Crippen molar-refractivity contribution < 1.29 is 14.3 Å². The number of esters is 1. The van der Waals surface area contributed by atoms with Crippen LogP contribution >= 0.6 is 22.9 Å². The van der Waals surface area contributed by atoms with Crippen molar-refractivity contribution in [1.29, 1.82) is 0 Å². The molecule has 3 aromatic rings. The smallest absolute Gasteiger partial charge is 0.308 e. The number of nitrogens with zero attached hydrogens (tertiary/aromatic N) is 4. The molecule has 7 nitrogen and oxygen atoms in total. The SMILES string of the molecule is Cc1c(C(=O)C(C)C)sc2c1C(c1ccc(Cl)cc1)=N[C@@H](CC(=O)OC(C)(C)C)c1nnc(C)n1-2. The van der Waals surface area contributed by atoms with E-state index < -0.39 is 11.6 Å². The fourth-order valence-electron chi connectivity index (χ4n) is 4.06. The number of Topliss-reactive ketones (excluding diaryl/α,β-unsaturated/α-hetero) is 1. The fraction of sp³-hybridized carbons (Fsp3) is 0.423. The number of benzene rings is 1. The first kappa shape index (κ1) is 25.3. The number of ketones is 1. The number of aryl methyl sites for hydroxylation is 1. The van der Waals surface area contributed by atoms with Crippen LogP contribution in [0.2, 0.25) is 5.02 Å². The highest BCUT2D eigenvalue weighted by molar-refractivity contribution is 7.17. The van der Waals surface area contributed by atoms with Crippen molar-refractivity contribution in [3.8, 4) is 5.00 Å². The minimum atomic E-state index is -0.616. The third kappa shape index (κ3) is 4.95. The van der Waals surface area contributed by atoms with E-state index in [4.69, 9.17) is 21.3 Å². The van der Waals surface area contributed by atoms with E-state index in [-0.39, 0.29) is 24.1 Å². The number of fused-ring (bicyclic) bond motifs is 3. The zero-order valence-electron chi connectivity index (χ0n) is 21.0. The Morgan fingerprint density at radius 2 is 1.80 bits per heavy atom. The lowest BCUT2D eigenvalue weighted by Crippen LogP contribution is -2.25. The maximum absolute atomic E-state index is 13.1. The first-order valence-corrected chi connectivity index (χ1v) is 12.7. The van der Waals surface area contributed by atoms with Crippen LogP contribution in [0.1, 0.15) is 85.1 Å². The lowest BCUT2D eigenvalue weighted by Gasteiger charge is -2.21. The summed E-state index contributed by atoms with van der Waals surface area (Å²) in [6.07, 6.45) is 0.0122. The molecule has 1 atom stereocenters. The number of thiophene rings is 1. The van der Waals surface area contributed by atoms with E-state index in [1.165, 1.54) is 11.3 Å². The van der Waals surface area contributed by atoms with Crippen LogP contribution in [-0.4, -0.2) is 37.8 Å². The van der Waals surface area contributed by atoms with Gasteiger partial charge in [-0.15, -0.1) is 21.5 Å². The van der Waals surface area contributed by atoms with Crippen molar-refractivity contribution in [3.63, 3.8) is 0 Å². The average Bonchev–Trinajstić information content (AvgIpc) is 3.25. The Labute approximate surface area is 214 Å². The minimum Gasteiger partial charge on any atom is -0.460 e. The van der Waals surface area contributed by atoms with E-state index in [0.717, 1.165) is 21.7 Å². The normalized spacial score (nSPS) is 15.3. The van der Waals surface area contributed by atoms with E-state index in [9.17, 15) is 9.59 Å². The molecule has 0 unspecified atom stereocenters. The molecule has 0 saturated heterocycles. The maximum atomic E-state index is 13.1. The van der Waals surface area contributed by atoms with Gasteiger partial charge in [-0.3, -0.25) is 19.1 Å². The standard InChI is InChI=1S/C26H29ClN4O3S/c1-13(2)22(33)23-14(3)20-21(16-8-10-17(27)11-9-16)28-18(12-19(32)34-26(5,6)7)24-30-29-15(4)31(24)25(20)35-23/h8-11,13,18H,12H2,1-7H3/t18-/m0/s1. The molecular weight excluding hydrogens is 484 g/mol. The number of hydrogen-bond donors (Lipinski definition) is 0. The van der Waals surface area contributed by atoms with Gasteiger partial charge in [0, 0.05) is 22.1 Å². The molecular formula is C26H29ClN4O3S. The molecule has 0 amide bonds. The second-order valence-corrected chi connectivity index (χ2v) is 11.4. The molecule has 0 aliphatic carbocycles. The topological polar surface area (TPSA) is 86.4 Å². The van der Waals surface area contributed by atoms with Gasteiger partial charge in [0.25, 0.3) is 0 Å². The molecule has 0 N–H and O–H groups in total. The summed E-state index contributed by atoms with van der Waals surface area (Å²) in [7, 11) is 0. The summed E-state index contributed by atoms with van der Waals surface area (Å²) in [5.41, 5.74) is 2.61. The number of ether oxygens (including phenoxy) is 1. The van der Waals surface area contributed by atoms with E-state index in [0.29, 0.717) is 27.3 Å². The fourth-order valence-corrected chi connectivity index (χ4v) is 5.64. The second-order valence-electron chi connectivity index (χ2n) is 9.99. The van der Waals surface area contributed by atoms with E-state index in [1.54, 1.807) is 12.1 Å². The zero-order chi connectivity index (χ0) is 25.7. The third-order valence-electron chi connectivity index (χ3n) is 5.65. The average molecular weight is 513 g/mol. The van der Waals surface area contributed by atoms with Crippen LogP contribution in [0.5, 0.6) is 0 Å². The zero-order valence-corrected chi connectivity index (χ0v) is 22.5. The Hall–Kier alpha value is -2.84. The first-order chi connectivity index (χ1) is 16.4. The van der Waals surface area contributed by atoms with Crippen LogP contribution in [-0.2, 0) is 9.53 Å². The highest BCUT2D eigenvalue weighted by Gasteiger charge is 2.35. The number of rotatable bonds is 5. The molecule has 4 rings (SSSR count). The Balaban J connectivity index is 1.96. The van der Waals surface area contributed by atoms with Crippen molar-refractivity contribution in [2.45, 2.75) is 66.5 Å². The van der Waals surface area contributed by atoms with Crippen molar-refractivity contribution in [2.75, 3.05) is 0 Å². The van der Waals surface area contributed by atoms with Crippen LogP contribution < -0.4 is 0 Å². The summed E-state index contributed by atoms with van der Waals surface area (Å²) in [5, 5.41) is 10.1. The molecule has 2 aromatic heterocycles. The van der Waals surface area contributed by atoms with Crippen LogP contribution in [0.3, 0.4) is 0 Å².